The molecule has 0 amide bonds. The van der Waals surface area contributed by atoms with Crippen molar-refractivity contribution in [1.82, 2.24) is 0 Å². The topological polar surface area (TPSA) is 43.4 Å². The minimum Gasteiger partial charge on any atom is -0.392 e. The number of rotatable bonds is 0. The Morgan fingerprint density at radius 2 is 1.69 bits per heavy atom. The van der Waals surface area contributed by atoms with Crippen LogP contribution in [0.3, 0.4) is 0 Å². The van der Waals surface area contributed by atoms with E-state index in [1.807, 2.05) is 13.8 Å². The Labute approximate surface area is 96.5 Å². The van der Waals surface area contributed by atoms with E-state index >= 15 is 0 Å². The van der Waals surface area contributed by atoms with Crippen molar-refractivity contribution < 1.29 is 14.3 Å². The molecule has 0 aromatic carbocycles. The first-order valence-electron chi connectivity index (χ1n) is 5.94. The zero-order valence-corrected chi connectivity index (χ0v) is 10.7. The van der Waals surface area contributed by atoms with Gasteiger partial charge >= 0.3 is 11.9 Å². The number of cyclic esters (lactones) is 2. The number of ether oxygens (including phenoxy) is 1. The lowest BCUT2D eigenvalue weighted by Gasteiger charge is -2.54. The normalized spacial score (nSPS) is 46.4. The van der Waals surface area contributed by atoms with Gasteiger partial charge in [-0.2, -0.15) is 0 Å². The van der Waals surface area contributed by atoms with Gasteiger partial charge in [-0.25, -0.2) is 0 Å². The maximum Gasteiger partial charge on any atom is 0.321 e. The first-order chi connectivity index (χ1) is 7.18. The molecule has 3 atom stereocenters. The predicted molar refractivity (Wildman–Crippen MR) is 59.5 cm³/mol. The molecule has 0 radical (unpaired) electrons. The van der Waals surface area contributed by atoms with E-state index in [2.05, 4.69) is 20.8 Å². The number of carbonyl (C=O) groups is 2. The summed E-state index contributed by atoms with van der Waals surface area (Å²) < 4.78 is 4.92. The first-order valence-corrected chi connectivity index (χ1v) is 5.94. The fraction of sp³-hybridized carbons (Fsp3) is 0.846. The third-order valence-electron chi connectivity index (χ3n) is 5.75. The average Bonchev–Trinajstić information content (AvgIpc) is 2.37. The monoisotopic (exact) mass is 224 g/mol. The summed E-state index contributed by atoms with van der Waals surface area (Å²) >= 11 is 0. The lowest BCUT2D eigenvalue weighted by Crippen LogP contribution is -2.56. The molecule has 3 heteroatoms. The maximum absolute atomic E-state index is 12.1. The van der Waals surface area contributed by atoms with Gasteiger partial charge in [-0.05, 0) is 38.0 Å². The molecule has 0 aromatic heterocycles. The second kappa shape index (κ2) is 2.88. The summed E-state index contributed by atoms with van der Waals surface area (Å²) in [6.45, 7) is 10.1. The van der Waals surface area contributed by atoms with Crippen molar-refractivity contribution in [2.45, 2.75) is 47.5 Å². The highest BCUT2D eigenvalue weighted by molar-refractivity contribution is 6.02. The molecule has 2 aliphatic rings. The van der Waals surface area contributed by atoms with Gasteiger partial charge in [-0.3, -0.25) is 9.59 Å². The highest BCUT2D eigenvalue weighted by Crippen LogP contribution is 2.65. The number of fused-ring (bicyclic) bond motifs is 1. The first kappa shape index (κ1) is 11.6. The van der Waals surface area contributed by atoms with Gasteiger partial charge < -0.3 is 4.74 Å². The Hall–Kier alpha value is -0.860. The standard InChI is InChI=1S/C13H20O3/c1-8-6-7-12(4)9(14)16-10(15)13(12,5)11(8,2)3/h8H,6-7H2,1-5H3. The lowest BCUT2D eigenvalue weighted by molar-refractivity contribution is -0.161. The molecule has 2 fully saturated rings. The molecule has 3 nitrogen and oxygen atoms in total. The van der Waals surface area contributed by atoms with Crippen LogP contribution in [0.5, 0.6) is 0 Å². The molecule has 1 saturated heterocycles. The molecule has 2 rings (SSSR count). The zero-order valence-electron chi connectivity index (χ0n) is 10.7. The summed E-state index contributed by atoms with van der Waals surface area (Å²) in [5.41, 5.74) is -1.53. The van der Waals surface area contributed by atoms with Gasteiger partial charge in [-0.15, -0.1) is 0 Å². The van der Waals surface area contributed by atoms with Crippen LogP contribution in [0.2, 0.25) is 0 Å². The average molecular weight is 224 g/mol. The molecule has 1 aliphatic carbocycles. The third-order valence-corrected chi connectivity index (χ3v) is 5.75. The highest BCUT2D eigenvalue weighted by Gasteiger charge is 2.71. The summed E-state index contributed by atoms with van der Waals surface area (Å²) in [4.78, 5) is 24.0. The maximum atomic E-state index is 12.1. The number of hydrogen-bond donors (Lipinski definition) is 0. The summed E-state index contributed by atoms with van der Waals surface area (Å²) in [7, 11) is 0. The quantitative estimate of drug-likeness (QED) is 0.469. The molecular weight excluding hydrogens is 204 g/mol. The van der Waals surface area contributed by atoms with E-state index in [0.29, 0.717) is 5.92 Å². The van der Waals surface area contributed by atoms with Crippen molar-refractivity contribution in [3.05, 3.63) is 0 Å². The summed E-state index contributed by atoms with van der Waals surface area (Å²) in [5.74, 6) is -0.249. The van der Waals surface area contributed by atoms with Crippen molar-refractivity contribution >= 4 is 11.9 Å². The van der Waals surface area contributed by atoms with Gasteiger partial charge in [-0.1, -0.05) is 20.8 Å². The summed E-state index contributed by atoms with van der Waals surface area (Å²) in [6.07, 6.45) is 1.72. The van der Waals surface area contributed by atoms with E-state index in [1.54, 1.807) is 0 Å². The molecule has 90 valence electrons. The van der Waals surface area contributed by atoms with Gasteiger partial charge in [0, 0.05) is 0 Å². The Balaban J connectivity index is 2.62. The predicted octanol–water partition coefficient (Wildman–Crippen LogP) is 2.54. The molecule has 0 N–H and O–H groups in total. The molecule has 0 spiro atoms. The Morgan fingerprint density at radius 3 is 2.25 bits per heavy atom. The van der Waals surface area contributed by atoms with E-state index in [0.717, 1.165) is 12.8 Å². The molecule has 1 heterocycles. The second-order valence-electron chi connectivity index (χ2n) is 6.30. The van der Waals surface area contributed by atoms with E-state index in [9.17, 15) is 9.59 Å². The van der Waals surface area contributed by atoms with Crippen LogP contribution >= 0.6 is 0 Å². The summed E-state index contributed by atoms with van der Waals surface area (Å²) in [6, 6.07) is 0. The van der Waals surface area contributed by atoms with Crippen LogP contribution in [0.1, 0.15) is 47.5 Å². The van der Waals surface area contributed by atoms with Crippen LogP contribution < -0.4 is 0 Å². The molecule has 16 heavy (non-hydrogen) atoms. The van der Waals surface area contributed by atoms with Gasteiger partial charge in [0.2, 0.25) is 0 Å². The van der Waals surface area contributed by atoms with Crippen molar-refractivity contribution in [2.75, 3.05) is 0 Å². The lowest BCUT2D eigenvalue weighted by atomic mass is 9.45. The Morgan fingerprint density at radius 1 is 1.12 bits per heavy atom. The van der Waals surface area contributed by atoms with Crippen LogP contribution in [0.25, 0.3) is 0 Å². The third kappa shape index (κ3) is 0.950. The van der Waals surface area contributed by atoms with Crippen LogP contribution in [0.15, 0.2) is 0 Å². The fourth-order valence-electron chi connectivity index (χ4n) is 3.41. The van der Waals surface area contributed by atoms with Crippen LogP contribution in [0.4, 0.5) is 0 Å². The van der Waals surface area contributed by atoms with Crippen molar-refractivity contribution in [3.8, 4) is 0 Å². The zero-order chi connectivity index (χ0) is 12.4. The molecule has 1 saturated carbocycles. The summed E-state index contributed by atoms with van der Waals surface area (Å²) in [5, 5.41) is 0. The SMILES string of the molecule is CC1CCC2(C)C(=O)OC(=O)C2(C)C1(C)C. The second-order valence-corrected chi connectivity index (χ2v) is 6.30. The molecule has 0 bridgehead atoms. The van der Waals surface area contributed by atoms with Crippen molar-refractivity contribution in [1.29, 1.82) is 0 Å². The van der Waals surface area contributed by atoms with Crippen molar-refractivity contribution in [3.63, 3.8) is 0 Å². The minimum atomic E-state index is -0.686. The fourth-order valence-corrected chi connectivity index (χ4v) is 3.41. The molecular formula is C13H20O3. The molecule has 1 aliphatic heterocycles. The van der Waals surface area contributed by atoms with Gasteiger partial charge in [0.05, 0.1) is 10.8 Å². The van der Waals surface area contributed by atoms with Crippen LogP contribution in [-0.4, -0.2) is 11.9 Å². The van der Waals surface area contributed by atoms with Gasteiger partial charge in [0.15, 0.2) is 0 Å². The largest absolute Gasteiger partial charge is 0.392 e. The number of hydrogen-bond acceptors (Lipinski definition) is 3. The van der Waals surface area contributed by atoms with Crippen LogP contribution in [0, 0.1) is 22.2 Å². The van der Waals surface area contributed by atoms with Crippen LogP contribution in [-0.2, 0) is 14.3 Å². The molecule has 3 unspecified atom stereocenters. The number of carbonyl (C=O) groups excluding carboxylic acids is 2. The van der Waals surface area contributed by atoms with E-state index in [4.69, 9.17) is 4.74 Å². The minimum absolute atomic E-state index is 0.205. The van der Waals surface area contributed by atoms with E-state index < -0.39 is 10.8 Å². The number of esters is 2. The van der Waals surface area contributed by atoms with Crippen molar-refractivity contribution in [2.24, 2.45) is 22.2 Å². The van der Waals surface area contributed by atoms with E-state index in [1.165, 1.54) is 0 Å². The van der Waals surface area contributed by atoms with E-state index in [-0.39, 0.29) is 17.4 Å². The Kier molecular flexibility index (Phi) is 2.09. The van der Waals surface area contributed by atoms with Gasteiger partial charge in [0.1, 0.15) is 0 Å². The smallest absolute Gasteiger partial charge is 0.321 e. The van der Waals surface area contributed by atoms with Gasteiger partial charge in [0.25, 0.3) is 0 Å². The highest BCUT2D eigenvalue weighted by atomic mass is 16.6. The Bertz CT molecular complexity index is 371. The molecule has 0 aromatic rings.